The van der Waals surface area contributed by atoms with Crippen LogP contribution >= 0.6 is 22.6 Å². The van der Waals surface area contributed by atoms with Gasteiger partial charge in [-0.25, -0.2) is 4.98 Å². The van der Waals surface area contributed by atoms with Crippen LogP contribution in [0.5, 0.6) is 0 Å². The van der Waals surface area contributed by atoms with E-state index in [0.29, 0.717) is 15.4 Å². The summed E-state index contributed by atoms with van der Waals surface area (Å²) >= 11 is 2.02. The first-order chi connectivity index (χ1) is 8.58. The largest absolute Gasteiger partial charge is 0.367 e. The lowest BCUT2D eigenvalue weighted by Gasteiger charge is -2.37. The number of rotatable bonds is 3. The third-order valence-electron chi connectivity index (χ3n) is 3.28. The zero-order valence-electron chi connectivity index (χ0n) is 10.6. The molecule has 0 saturated carbocycles. The van der Waals surface area contributed by atoms with Gasteiger partial charge in [-0.15, -0.1) is 0 Å². The van der Waals surface area contributed by atoms with E-state index in [9.17, 15) is 4.79 Å². The van der Waals surface area contributed by atoms with Gasteiger partial charge in [0.25, 0.3) is 5.56 Å². The number of piperazine rings is 1. The van der Waals surface area contributed by atoms with Gasteiger partial charge in [0, 0.05) is 32.2 Å². The number of likely N-dealkylation sites (N-methyl/N-ethyl adjacent to an activating group) is 2. The average molecular weight is 363 g/mol. The van der Waals surface area contributed by atoms with E-state index >= 15 is 0 Å². The predicted molar refractivity (Wildman–Crippen MR) is 80.0 cm³/mol. The maximum absolute atomic E-state index is 11.4. The highest BCUT2D eigenvalue weighted by molar-refractivity contribution is 14.1. The minimum atomic E-state index is -0.0952. The first kappa shape index (κ1) is 13.8. The van der Waals surface area contributed by atoms with Crippen LogP contribution in [0.1, 0.15) is 0 Å². The molecule has 0 amide bonds. The number of aromatic nitrogens is 2. The molecule has 1 aromatic rings. The molecule has 0 spiro atoms. The molecule has 1 saturated heterocycles. The lowest BCUT2D eigenvalue weighted by Crippen LogP contribution is -2.52. The quantitative estimate of drug-likeness (QED) is 0.743. The van der Waals surface area contributed by atoms with Crippen molar-refractivity contribution in [1.82, 2.24) is 19.8 Å². The molecule has 1 aromatic heterocycles. The van der Waals surface area contributed by atoms with Crippen LogP contribution in [0.15, 0.2) is 11.1 Å². The molecule has 1 aliphatic heterocycles. The standard InChI is InChI=1S/C11H18IN5O/c1-16-3-4-17(2)8(6-16)5-13-10-9(12)11(18)15-7-14-10/h7-8H,3-6H2,1-2H3,(H2,13,14,15,18). The van der Waals surface area contributed by atoms with Crippen LogP contribution < -0.4 is 10.9 Å². The van der Waals surface area contributed by atoms with Gasteiger partial charge in [-0.05, 0) is 36.7 Å². The fourth-order valence-corrected chi connectivity index (χ4v) is 2.53. The Labute approximate surface area is 120 Å². The zero-order chi connectivity index (χ0) is 13.1. The highest BCUT2D eigenvalue weighted by atomic mass is 127. The fraction of sp³-hybridized carbons (Fsp3) is 0.636. The van der Waals surface area contributed by atoms with Gasteiger partial charge in [0.1, 0.15) is 9.39 Å². The Hall–Kier alpha value is -0.670. The topological polar surface area (TPSA) is 64.3 Å². The summed E-state index contributed by atoms with van der Waals surface area (Å²) in [5.74, 6) is 0.668. The molecule has 2 rings (SSSR count). The molecule has 0 bridgehead atoms. The molecule has 7 heteroatoms. The minimum Gasteiger partial charge on any atom is -0.367 e. The second-order valence-electron chi connectivity index (χ2n) is 4.67. The Morgan fingerprint density at radius 1 is 1.56 bits per heavy atom. The van der Waals surface area contributed by atoms with Gasteiger partial charge in [0.05, 0.1) is 6.33 Å². The molecule has 1 fully saturated rings. The van der Waals surface area contributed by atoms with Gasteiger partial charge in [-0.1, -0.05) is 0 Å². The van der Waals surface area contributed by atoms with Gasteiger partial charge in [-0.3, -0.25) is 9.69 Å². The first-order valence-corrected chi connectivity index (χ1v) is 7.01. The molecule has 1 unspecified atom stereocenters. The van der Waals surface area contributed by atoms with E-state index < -0.39 is 0 Å². The van der Waals surface area contributed by atoms with Crippen molar-refractivity contribution in [2.75, 3.05) is 45.6 Å². The summed E-state index contributed by atoms with van der Waals surface area (Å²) < 4.78 is 0.613. The molecule has 0 aromatic carbocycles. The highest BCUT2D eigenvalue weighted by Gasteiger charge is 2.22. The van der Waals surface area contributed by atoms with Gasteiger partial charge < -0.3 is 15.2 Å². The van der Waals surface area contributed by atoms with Crippen molar-refractivity contribution < 1.29 is 0 Å². The molecule has 2 heterocycles. The van der Waals surface area contributed by atoms with Crippen molar-refractivity contribution >= 4 is 28.4 Å². The van der Waals surface area contributed by atoms with Gasteiger partial charge in [0.15, 0.2) is 0 Å². The van der Waals surface area contributed by atoms with Crippen molar-refractivity contribution in [3.05, 3.63) is 20.3 Å². The average Bonchev–Trinajstić information content (AvgIpc) is 2.35. The minimum absolute atomic E-state index is 0.0952. The van der Waals surface area contributed by atoms with Gasteiger partial charge >= 0.3 is 0 Å². The van der Waals surface area contributed by atoms with Gasteiger partial charge in [0.2, 0.25) is 0 Å². The maximum atomic E-state index is 11.4. The van der Waals surface area contributed by atoms with E-state index in [4.69, 9.17) is 0 Å². The molecule has 18 heavy (non-hydrogen) atoms. The van der Waals surface area contributed by atoms with E-state index in [1.165, 1.54) is 6.33 Å². The van der Waals surface area contributed by atoms with Crippen molar-refractivity contribution in [3.8, 4) is 0 Å². The molecule has 6 nitrogen and oxygen atoms in total. The number of anilines is 1. The maximum Gasteiger partial charge on any atom is 0.266 e. The fourth-order valence-electron chi connectivity index (χ4n) is 2.04. The van der Waals surface area contributed by atoms with E-state index in [1.54, 1.807) is 0 Å². The smallest absolute Gasteiger partial charge is 0.266 e. The number of aromatic amines is 1. The monoisotopic (exact) mass is 363 g/mol. The summed E-state index contributed by atoms with van der Waals surface area (Å²) in [4.78, 5) is 22.8. The van der Waals surface area contributed by atoms with Crippen molar-refractivity contribution in [2.45, 2.75) is 6.04 Å². The lowest BCUT2D eigenvalue weighted by molar-refractivity contribution is 0.122. The van der Waals surface area contributed by atoms with Gasteiger partial charge in [-0.2, -0.15) is 0 Å². The molecule has 100 valence electrons. The zero-order valence-corrected chi connectivity index (χ0v) is 12.8. The predicted octanol–water partition coefficient (Wildman–Crippen LogP) is 0.0322. The molecule has 1 atom stereocenters. The number of H-pyrrole nitrogens is 1. The Kier molecular flexibility index (Phi) is 4.57. The van der Waals surface area contributed by atoms with Crippen LogP contribution in [0.4, 0.5) is 5.82 Å². The highest BCUT2D eigenvalue weighted by Crippen LogP contribution is 2.11. The summed E-state index contributed by atoms with van der Waals surface area (Å²) in [7, 11) is 4.27. The normalized spacial score (nSPS) is 22.1. The number of hydrogen-bond donors (Lipinski definition) is 2. The number of hydrogen-bond acceptors (Lipinski definition) is 5. The van der Waals surface area contributed by atoms with E-state index in [0.717, 1.165) is 26.2 Å². The van der Waals surface area contributed by atoms with E-state index in [1.807, 2.05) is 22.6 Å². The van der Waals surface area contributed by atoms with Crippen molar-refractivity contribution in [2.24, 2.45) is 0 Å². The van der Waals surface area contributed by atoms with E-state index in [-0.39, 0.29) is 5.56 Å². The van der Waals surface area contributed by atoms with Crippen LogP contribution in [0.25, 0.3) is 0 Å². The number of halogens is 1. The van der Waals surface area contributed by atoms with Crippen molar-refractivity contribution in [3.63, 3.8) is 0 Å². The molecule has 2 N–H and O–H groups in total. The second-order valence-corrected chi connectivity index (χ2v) is 5.75. The summed E-state index contributed by atoms with van der Waals surface area (Å²) in [5, 5.41) is 3.27. The van der Waals surface area contributed by atoms with Crippen LogP contribution in [0, 0.1) is 3.57 Å². The third-order valence-corrected chi connectivity index (χ3v) is 4.28. The number of nitrogens with zero attached hydrogens (tertiary/aromatic N) is 3. The molecular weight excluding hydrogens is 345 g/mol. The van der Waals surface area contributed by atoms with Crippen LogP contribution in [-0.4, -0.2) is 66.1 Å². The first-order valence-electron chi connectivity index (χ1n) is 5.93. The summed E-state index contributed by atoms with van der Waals surface area (Å²) in [6.45, 7) is 4.01. The molecular formula is C11H18IN5O. The molecule has 0 radical (unpaired) electrons. The summed E-state index contributed by atoms with van der Waals surface area (Å²) in [6, 6.07) is 0.445. The van der Waals surface area contributed by atoms with E-state index in [2.05, 4.69) is 39.2 Å². The SMILES string of the molecule is CN1CCN(C)C(CNc2nc[nH]c(=O)c2I)C1. The lowest BCUT2D eigenvalue weighted by atomic mass is 10.2. The number of nitrogens with one attached hydrogen (secondary N) is 2. The summed E-state index contributed by atoms with van der Waals surface area (Å²) in [5.41, 5.74) is -0.0952. The van der Waals surface area contributed by atoms with Crippen LogP contribution in [-0.2, 0) is 0 Å². The van der Waals surface area contributed by atoms with Crippen molar-refractivity contribution in [1.29, 1.82) is 0 Å². The Balaban J connectivity index is 1.98. The van der Waals surface area contributed by atoms with Crippen LogP contribution in [0.2, 0.25) is 0 Å². The Morgan fingerprint density at radius 3 is 3.11 bits per heavy atom. The van der Waals surface area contributed by atoms with Crippen LogP contribution in [0.3, 0.4) is 0 Å². The third kappa shape index (κ3) is 3.21. The Bertz CT molecular complexity index is 463. The molecule has 1 aliphatic rings. The summed E-state index contributed by atoms with van der Waals surface area (Å²) in [6.07, 6.45) is 1.43. The molecule has 0 aliphatic carbocycles. The second kappa shape index (κ2) is 5.98. The Morgan fingerprint density at radius 2 is 2.33 bits per heavy atom.